The van der Waals surface area contributed by atoms with Gasteiger partial charge in [-0.2, -0.15) is 0 Å². The van der Waals surface area contributed by atoms with Crippen molar-refractivity contribution >= 4 is 22.5 Å². The van der Waals surface area contributed by atoms with Crippen LogP contribution in [-0.2, 0) is 0 Å². The van der Waals surface area contributed by atoms with E-state index in [1.807, 2.05) is 72.8 Å². The van der Waals surface area contributed by atoms with Crippen molar-refractivity contribution < 1.29 is 9.47 Å². The molecular weight excluding hydrogens is 352 g/mol. The van der Waals surface area contributed by atoms with Gasteiger partial charge in [0.1, 0.15) is 0 Å². The summed E-state index contributed by atoms with van der Waals surface area (Å²) in [6.45, 7) is 0. The normalized spacial score (nSPS) is 10.5. The third-order valence-electron chi connectivity index (χ3n) is 4.34. The Morgan fingerprint density at radius 1 is 0.714 bits per heavy atom. The minimum absolute atomic E-state index is 0.461. The molecule has 28 heavy (non-hydrogen) atoms. The molecule has 2 N–H and O–H groups in total. The third-order valence-corrected chi connectivity index (χ3v) is 4.34. The first-order valence-corrected chi connectivity index (χ1v) is 8.85. The average Bonchev–Trinajstić information content (AvgIpc) is 2.77. The Balaban J connectivity index is 1.82. The lowest BCUT2D eigenvalue weighted by Gasteiger charge is -2.14. The number of para-hydroxylation sites is 1. The Morgan fingerprint density at radius 2 is 1.36 bits per heavy atom. The number of nitrogens with zero attached hydrogens (tertiary/aromatic N) is 2. The van der Waals surface area contributed by atoms with Gasteiger partial charge in [-0.15, -0.1) is 0 Å². The summed E-state index contributed by atoms with van der Waals surface area (Å²) in [6, 6.07) is 23.5. The standard InChI is InChI=1S/C22H20N4O2/c1-27-19-13-17-18(14-20(19)28-2)23-22(26-25-16-11-7-4-8-12-16)24-21(17)15-9-5-3-6-10-15/h3-14,25H,1-2H3,(H,23,24,26). The molecule has 3 aromatic carbocycles. The van der Waals surface area contributed by atoms with Crippen LogP contribution in [0.25, 0.3) is 22.2 Å². The molecule has 4 aromatic rings. The van der Waals surface area contributed by atoms with Crippen molar-refractivity contribution in [2.75, 3.05) is 25.1 Å². The smallest absolute Gasteiger partial charge is 0.242 e. The fraction of sp³-hybridized carbons (Fsp3) is 0.0909. The monoisotopic (exact) mass is 372 g/mol. The maximum absolute atomic E-state index is 5.46. The van der Waals surface area contributed by atoms with Crippen LogP contribution >= 0.6 is 0 Å². The van der Waals surface area contributed by atoms with Crippen molar-refractivity contribution in [3.63, 3.8) is 0 Å². The number of hydrogen-bond donors (Lipinski definition) is 2. The zero-order valence-corrected chi connectivity index (χ0v) is 15.6. The van der Waals surface area contributed by atoms with E-state index in [0.29, 0.717) is 17.4 Å². The molecule has 0 unspecified atom stereocenters. The van der Waals surface area contributed by atoms with E-state index in [2.05, 4.69) is 15.8 Å². The van der Waals surface area contributed by atoms with Gasteiger partial charge < -0.3 is 9.47 Å². The van der Waals surface area contributed by atoms with Gasteiger partial charge in [0.05, 0.1) is 31.1 Å². The predicted molar refractivity (Wildman–Crippen MR) is 112 cm³/mol. The number of methoxy groups -OCH3 is 2. The van der Waals surface area contributed by atoms with Gasteiger partial charge in [-0.1, -0.05) is 48.5 Å². The first kappa shape index (κ1) is 17.6. The third kappa shape index (κ3) is 3.53. The van der Waals surface area contributed by atoms with Crippen molar-refractivity contribution in [1.82, 2.24) is 9.97 Å². The molecule has 0 aliphatic heterocycles. The fourth-order valence-corrected chi connectivity index (χ4v) is 2.98. The van der Waals surface area contributed by atoms with Crippen LogP contribution in [0.1, 0.15) is 0 Å². The van der Waals surface area contributed by atoms with E-state index in [9.17, 15) is 0 Å². The second kappa shape index (κ2) is 7.84. The number of hydrogen-bond acceptors (Lipinski definition) is 6. The molecule has 1 heterocycles. The van der Waals surface area contributed by atoms with Gasteiger partial charge in [0, 0.05) is 17.0 Å². The van der Waals surface area contributed by atoms with Crippen LogP contribution in [0.15, 0.2) is 72.8 Å². The molecule has 0 saturated heterocycles. The van der Waals surface area contributed by atoms with Gasteiger partial charge in [0.2, 0.25) is 5.95 Å². The second-order valence-electron chi connectivity index (χ2n) is 6.10. The van der Waals surface area contributed by atoms with E-state index in [4.69, 9.17) is 14.5 Å². The van der Waals surface area contributed by atoms with Crippen LogP contribution < -0.4 is 20.3 Å². The number of fused-ring (bicyclic) bond motifs is 1. The SMILES string of the molecule is COc1cc2nc(NNc3ccccc3)nc(-c3ccccc3)c2cc1OC. The van der Waals surface area contributed by atoms with Gasteiger partial charge in [-0.25, -0.2) is 9.97 Å². The Kier molecular flexibility index (Phi) is 4.93. The Bertz CT molecular complexity index is 1090. The molecule has 1 aromatic heterocycles. The molecule has 4 rings (SSSR count). The van der Waals surface area contributed by atoms with Crippen LogP contribution in [0.5, 0.6) is 11.5 Å². The minimum atomic E-state index is 0.461. The molecule has 0 radical (unpaired) electrons. The van der Waals surface area contributed by atoms with Crippen molar-refractivity contribution in [2.45, 2.75) is 0 Å². The number of benzene rings is 3. The van der Waals surface area contributed by atoms with Crippen LogP contribution in [-0.4, -0.2) is 24.2 Å². The summed E-state index contributed by atoms with van der Waals surface area (Å²) in [5.74, 6) is 1.72. The number of nitrogens with one attached hydrogen (secondary N) is 2. The molecule has 6 nitrogen and oxygen atoms in total. The average molecular weight is 372 g/mol. The van der Waals surface area contributed by atoms with Crippen LogP contribution in [0.4, 0.5) is 11.6 Å². The van der Waals surface area contributed by atoms with Gasteiger partial charge in [-0.3, -0.25) is 10.9 Å². The zero-order valence-electron chi connectivity index (χ0n) is 15.6. The van der Waals surface area contributed by atoms with Crippen LogP contribution in [0, 0.1) is 0 Å². The van der Waals surface area contributed by atoms with E-state index < -0.39 is 0 Å². The highest BCUT2D eigenvalue weighted by molar-refractivity contribution is 5.95. The Hall–Kier alpha value is -3.80. The first-order valence-electron chi connectivity index (χ1n) is 8.85. The molecule has 0 spiro atoms. The quantitative estimate of drug-likeness (QED) is 0.476. The predicted octanol–water partition coefficient (Wildman–Crippen LogP) is 4.75. The van der Waals surface area contributed by atoms with Crippen molar-refractivity contribution in [3.8, 4) is 22.8 Å². The van der Waals surface area contributed by atoms with Crippen molar-refractivity contribution in [3.05, 3.63) is 72.8 Å². The van der Waals surface area contributed by atoms with Crippen molar-refractivity contribution in [2.24, 2.45) is 0 Å². The highest BCUT2D eigenvalue weighted by Gasteiger charge is 2.14. The Labute approximate surface area is 163 Å². The van der Waals surface area contributed by atoms with E-state index in [1.165, 1.54) is 0 Å². The zero-order chi connectivity index (χ0) is 19.3. The fourth-order valence-electron chi connectivity index (χ4n) is 2.98. The van der Waals surface area contributed by atoms with Gasteiger partial charge in [0.15, 0.2) is 11.5 Å². The maximum atomic E-state index is 5.46. The Morgan fingerprint density at radius 3 is 2.04 bits per heavy atom. The highest BCUT2D eigenvalue weighted by Crippen LogP contribution is 2.36. The topological polar surface area (TPSA) is 68.3 Å². The van der Waals surface area contributed by atoms with E-state index in [0.717, 1.165) is 27.8 Å². The minimum Gasteiger partial charge on any atom is -0.493 e. The van der Waals surface area contributed by atoms with Crippen LogP contribution in [0.3, 0.4) is 0 Å². The summed E-state index contributed by atoms with van der Waals surface area (Å²) in [7, 11) is 3.23. The van der Waals surface area contributed by atoms with E-state index in [-0.39, 0.29) is 0 Å². The number of anilines is 2. The number of hydrazine groups is 1. The molecule has 0 aliphatic carbocycles. The molecule has 0 fully saturated rings. The molecule has 0 atom stereocenters. The number of ether oxygens (including phenoxy) is 2. The molecule has 140 valence electrons. The summed E-state index contributed by atoms with van der Waals surface area (Å²) in [6.07, 6.45) is 0. The summed E-state index contributed by atoms with van der Waals surface area (Å²) in [5, 5.41) is 0.883. The molecule has 0 saturated carbocycles. The lowest BCUT2D eigenvalue weighted by atomic mass is 10.1. The second-order valence-corrected chi connectivity index (χ2v) is 6.10. The lowest BCUT2D eigenvalue weighted by Crippen LogP contribution is -2.12. The summed E-state index contributed by atoms with van der Waals surface area (Å²) in [4.78, 5) is 9.38. The van der Waals surface area contributed by atoms with E-state index in [1.54, 1.807) is 14.2 Å². The number of aromatic nitrogens is 2. The van der Waals surface area contributed by atoms with E-state index >= 15 is 0 Å². The van der Waals surface area contributed by atoms with Gasteiger partial charge >= 0.3 is 0 Å². The summed E-state index contributed by atoms with van der Waals surface area (Å²) >= 11 is 0. The molecule has 0 amide bonds. The van der Waals surface area contributed by atoms with Gasteiger partial charge in [0.25, 0.3) is 0 Å². The maximum Gasteiger partial charge on any atom is 0.242 e. The molecule has 0 aliphatic rings. The largest absolute Gasteiger partial charge is 0.493 e. The van der Waals surface area contributed by atoms with Crippen molar-refractivity contribution in [1.29, 1.82) is 0 Å². The van der Waals surface area contributed by atoms with Gasteiger partial charge in [-0.05, 0) is 18.2 Å². The molecule has 0 bridgehead atoms. The lowest BCUT2D eigenvalue weighted by molar-refractivity contribution is 0.356. The highest BCUT2D eigenvalue weighted by atomic mass is 16.5. The molecule has 6 heteroatoms. The van der Waals surface area contributed by atoms with Crippen LogP contribution in [0.2, 0.25) is 0 Å². The first-order chi connectivity index (χ1) is 13.8. The number of rotatable bonds is 6. The summed E-state index contributed by atoms with van der Waals surface area (Å²) < 4.78 is 10.9. The molecular formula is C22H20N4O2. The summed E-state index contributed by atoms with van der Waals surface area (Å²) in [5.41, 5.74) is 9.68.